The van der Waals surface area contributed by atoms with Crippen LogP contribution in [0.2, 0.25) is 5.15 Å². The number of aromatic nitrogens is 2. The summed E-state index contributed by atoms with van der Waals surface area (Å²) in [7, 11) is 0. The van der Waals surface area contributed by atoms with E-state index >= 15 is 0 Å². The number of hydrogen-bond acceptors (Lipinski definition) is 3. The monoisotopic (exact) mass is 227 g/mol. The van der Waals surface area contributed by atoms with Crippen molar-refractivity contribution >= 4 is 27.9 Å². The maximum atomic E-state index is 6.05. The summed E-state index contributed by atoms with van der Waals surface area (Å²) in [4.78, 5) is 5.25. The Morgan fingerprint density at radius 3 is 3.29 bits per heavy atom. The largest absolute Gasteiger partial charge is 0.308 e. The molecule has 0 aliphatic heterocycles. The molecular formula is C9H10ClN3S. The molecule has 3 nitrogen and oxygen atoms in total. The molecule has 0 radical (unpaired) electrons. The predicted octanol–water partition coefficient (Wildman–Crippen LogP) is 2.30. The van der Waals surface area contributed by atoms with Crippen molar-refractivity contribution in [1.29, 1.82) is 0 Å². The van der Waals surface area contributed by atoms with E-state index in [1.54, 1.807) is 11.3 Å². The minimum absolute atomic E-state index is 0.630. The Morgan fingerprint density at radius 2 is 2.50 bits per heavy atom. The average molecular weight is 228 g/mol. The molecule has 2 aromatic heterocycles. The molecule has 0 atom stereocenters. The Morgan fingerprint density at radius 1 is 1.64 bits per heavy atom. The lowest BCUT2D eigenvalue weighted by atomic mass is 10.4. The number of hydrogen-bond donors (Lipinski definition) is 1. The lowest BCUT2D eigenvalue weighted by molar-refractivity contribution is 0.671. The van der Waals surface area contributed by atoms with Crippen molar-refractivity contribution in [2.24, 2.45) is 0 Å². The SMILES string of the molecule is Clc1nc2sccn2c1CNC1CC1. The second-order valence-electron chi connectivity index (χ2n) is 3.56. The molecule has 1 aliphatic rings. The van der Waals surface area contributed by atoms with Crippen LogP contribution in [-0.2, 0) is 6.54 Å². The van der Waals surface area contributed by atoms with Crippen LogP contribution in [0.3, 0.4) is 0 Å². The highest BCUT2D eigenvalue weighted by Crippen LogP contribution is 2.23. The summed E-state index contributed by atoms with van der Waals surface area (Å²) in [5.74, 6) is 0. The summed E-state index contributed by atoms with van der Waals surface area (Å²) in [5.41, 5.74) is 1.08. The number of imidazole rings is 1. The third-order valence-corrected chi connectivity index (χ3v) is 3.51. The van der Waals surface area contributed by atoms with E-state index in [0.717, 1.165) is 17.2 Å². The van der Waals surface area contributed by atoms with E-state index in [4.69, 9.17) is 11.6 Å². The fourth-order valence-electron chi connectivity index (χ4n) is 1.49. The van der Waals surface area contributed by atoms with E-state index in [9.17, 15) is 0 Å². The van der Waals surface area contributed by atoms with Gasteiger partial charge in [-0.1, -0.05) is 11.6 Å². The van der Waals surface area contributed by atoms with Gasteiger partial charge in [-0.25, -0.2) is 4.98 Å². The fraction of sp³-hybridized carbons (Fsp3) is 0.444. The van der Waals surface area contributed by atoms with Crippen molar-refractivity contribution in [2.45, 2.75) is 25.4 Å². The first-order valence-electron chi connectivity index (χ1n) is 4.68. The number of nitrogens with zero attached hydrogens (tertiary/aromatic N) is 2. The summed E-state index contributed by atoms with van der Waals surface area (Å²) in [5, 5.41) is 6.10. The first kappa shape index (κ1) is 8.71. The van der Waals surface area contributed by atoms with Gasteiger partial charge in [0.25, 0.3) is 0 Å². The smallest absolute Gasteiger partial charge is 0.195 e. The zero-order valence-corrected chi connectivity index (χ0v) is 9.11. The van der Waals surface area contributed by atoms with Crippen LogP contribution in [0.4, 0.5) is 0 Å². The molecule has 1 fully saturated rings. The Kier molecular flexibility index (Phi) is 2.00. The summed E-state index contributed by atoms with van der Waals surface area (Å²) < 4.78 is 2.06. The van der Waals surface area contributed by atoms with Crippen molar-refractivity contribution < 1.29 is 0 Å². The van der Waals surface area contributed by atoms with Gasteiger partial charge in [0, 0.05) is 24.2 Å². The molecule has 3 rings (SSSR count). The molecule has 0 aromatic carbocycles. The zero-order valence-electron chi connectivity index (χ0n) is 7.53. The molecule has 2 heterocycles. The van der Waals surface area contributed by atoms with Gasteiger partial charge in [-0.2, -0.15) is 0 Å². The molecule has 5 heteroatoms. The molecule has 1 saturated carbocycles. The van der Waals surface area contributed by atoms with Crippen LogP contribution < -0.4 is 5.32 Å². The number of thiazole rings is 1. The van der Waals surface area contributed by atoms with E-state index in [1.807, 2.05) is 11.6 Å². The van der Waals surface area contributed by atoms with Crippen LogP contribution in [0.1, 0.15) is 18.5 Å². The van der Waals surface area contributed by atoms with Crippen molar-refractivity contribution in [3.63, 3.8) is 0 Å². The molecule has 2 aromatic rings. The molecular weight excluding hydrogens is 218 g/mol. The summed E-state index contributed by atoms with van der Waals surface area (Å²) in [6.45, 7) is 0.821. The minimum Gasteiger partial charge on any atom is -0.308 e. The standard InChI is InChI=1S/C9H10ClN3S/c10-8-7(5-11-6-1-2-6)13-3-4-14-9(13)12-8/h3-4,6,11H,1-2,5H2. The Balaban J connectivity index is 1.91. The van der Waals surface area contributed by atoms with Gasteiger partial charge in [0.15, 0.2) is 10.1 Å². The molecule has 1 N–H and O–H groups in total. The number of halogens is 1. The van der Waals surface area contributed by atoms with Crippen molar-refractivity contribution in [3.8, 4) is 0 Å². The van der Waals surface area contributed by atoms with Crippen LogP contribution in [-0.4, -0.2) is 15.4 Å². The van der Waals surface area contributed by atoms with Gasteiger partial charge in [-0.15, -0.1) is 11.3 Å². The molecule has 1 aliphatic carbocycles. The minimum atomic E-state index is 0.630. The number of nitrogens with one attached hydrogen (secondary N) is 1. The van der Waals surface area contributed by atoms with Crippen molar-refractivity contribution in [1.82, 2.24) is 14.7 Å². The molecule has 74 valence electrons. The Hall–Kier alpha value is -0.580. The van der Waals surface area contributed by atoms with Gasteiger partial charge in [0.05, 0.1) is 5.69 Å². The lowest BCUT2D eigenvalue weighted by Gasteiger charge is -2.01. The Labute approximate surface area is 90.7 Å². The summed E-state index contributed by atoms with van der Waals surface area (Å²) >= 11 is 7.66. The highest BCUT2D eigenvalue weighted by atomic mass is 35.5. The highest BCUT2D eigenvalue weighted by Gasteiger charge is 2.21. The van der Waals surface area contributed by atoms with Crippen molar-refractivity contribution in [2.75, 3.05) is 0 Å². The predicted molar refractivity (Wildman–Crippen MR) is 57.9 cm³/mol. The third kappa shape index (κ3) is 1.43. The molecule has 0 unspecified atom stereocenters. The quantitative estimate of drug-likeness (QED) is 0.872. The number of rotatable bonds is 3. The van der Waals surface area contributed by atoms with Gasteiger partial charge < -0.3 is 5.32 Å². The van der Waals surface area contributed by atoms with E-state index in [2.05, 4.69) is 14.7 Å². The van der Waals surface area contributed by atoms with Crippen LogP contribution in [0.25, 0.3) is 4.96 Å². The second-order valence-corrected chi connectivity index (χ2v) is 4.79. The molecule has 0 spiro atoms. The molecule has 0 saturated heterocycles. The van der Waals surface area contributed by atoms with E-state index in [0.29, 0.717) is 11.2 Å². The molecule has 14 heavy (non-hydrogen) atoms. The van der Waals surface area contributed by atoms with Gasteiger partial charge in [-0.05, 0) is 12.8 Å². The first-order chi connectivity index (χ1) is 6.84. The molecule has 0 amide bonds. The van der Waals surface area contributed by atoms with Gasteiger partial charge in [-0.3, -0.25) is 4.40 Å². The van der Waals surface area contributed by atoms with E-state index in [-0.39, 0.29) is 0 Å². The molecule has 0 bridgehead atoms. The topological polar surface area (TPSA) is 29.3 Å². The third-order valence-electron chi connectivity index (χ3n) is 2.45. The van der Waals surface area contributed by atoms with E-state index in [1.165, 1.54) is 12.8 Å². The summed E-state index contributed by atoms with van der Waals surface area (Å²) in [6.07, 6.45) is 4.61. The van der Waals surface area contributed by atoms with E-state index < -0.39 is 0 Å². The van der Waals surface area contributed by atoms with Gasteiger partial charge in [0.2, 0.25) is 0 Å². The van der Waals surface area contributed by atoms with Gasteiger partial charge in [0.1, 0.15) is 0 Å². The van der Waals surface area contributed by atoms with Gasteiger partial charge >= 0.3 is 0 Å². The maximum absolute atomic E-state index is 6.05. The van der Waals surface area contributed by atoms with Crippen LogP contribution in [0, 0.1) is 0 Å². The number of fused-ring (bicyclic) bond motifs is 1. The maximum Gasteiger partial charge on any atom is 0.195 e. The van der Waals surface area contributed by atoms with Crippen LogP contribution >= 0.6 is 22.9 Å². The fourth-order valence-corrected chi connectivity index (χ4v) is 2.51. The van der Waals surface area contributed by atoms with Crippen molar-refractivity contribution in [3.05, 3.63) is 22.4 Å². The van der Waals surface area contributed by atoms with Crippen LogP contribution in [0.15, 0.2) is 11.6 Å². The first-order valence-corrected chi connectivity index (χ1v) is 5.93. The lowest BCUT2D eigenvalue weighted by Crippen LogP contribution is -2.16. The zero-order chi connectivity index (χ0) is 9.54. The average Bonchev–Trinajstić information content (AvgIpc) is 2.79. The summed E-state index contributed by atoms with van der Waals surface area (Å²) in [6, 6.07) is 0.704. The highest BCUT2D eigenvalue weighted by molar-refractivity contribution is 7.15. The normalized spacial score (nSPS) is 16.6. The Bertz CT molecular complexity index is 458. The second kappa shape index (κ2) is 3.22. The van der Waals surface area contributed by atoms with Crippen LogP contribution in [0.5, 0.6) is 0 Å².